The Labute approximate surface area is 168 Å². The smallest absolute Gasteiger partial charge is 0.269 e. The van der Waals surface area contributed by atoms with E-state index in [1.807, 2.05) is 18.2 Å². The fourth-order valence-corrected chi connectivity index (χ4v) is 3.43. The van der Waals surface area contributed by atoms with Crippen molar-refractivity contribution in [1.82, 2.24) is 15.8 Å². The molecule has 0 unspecified atom stereocenters. The molecule has 8 nitrogen and oxygen atoms in total. The Hall–Kier alpha value is -3.30. The first-order valence-corrected chi connectivity index (χ1v) is 9.23. The van der Waals surface area contributed by atoms with Crippen LogP contribution in [0.3, 0.4) is 0 Å². The third kappa shape index (κ3) is 4.70. The number of hydrogen-bond acceptors (Lipinski definition) is 6. The van der Waals surface area contributed by atoms with Gasteiger partial charge in [0.05, 0.1) is 22.1 Å². The predicted molar refractivity (Wildman–Crippen MR) is 105 cm³/mol. The van der Waals surface area contributed by atoms with E-state index in [0.717, 1.165) is 5.56 Å². The van der Waals surface area contributed by atoms with E-state index in [0.29, 0.717) is 15.7 Å². The van der Waals surface area contributed by atoms with Crippen molar-refractivity contribution in [2.75, 3.05) is 0 Å². The van der Waals surface area contributed by atoms with Crippen LogP contribution in [0.5, 0.6) is 0 Å². The summed E-state index contributed by atoms with van der Waals surface area (Å²) in [6.45, 7) is 0. The molecule has 0 saturated carbocycles. The number of carbonyl (C=O) groups is 2. The number of hydrogen-bond donors (Lipinski definition) is 2. The maximum Gasteiger partial charge on any atom is 0.269 e. The molecule has 1 heterocycles. The zero-order chi connectivity index (χ0) is 20.1. The molecular formula is C18H13ClN4O4S. The Balaban J connectivity index is 1.55. The minimum atomic E-state index is -0.585. The number of nitro groups is 1. The van der Waals surface area contributed by atoms with Crippen molar-refractivity contribution in [3.8, 4) is 10.6 Å². The molecule has 1 aromatic heterocycles. The molecule has 0 spiro atoms. The van der Waals surface area contributed by atoms with Crippen LogP contribution < -0.4 is 10.9 Å². The highest BCUT2D eigenvalue weighted by Crippen LogP contribution is 2.30. The van der Waals surface area contributed by atoms with E-state index in [1.54, 1.807) is 11.4 Å². The Kier molecular flexibility index (Phi) is 5.97. The largest absolute Gasteiger partial charge is 0.273 e. The lowest BCUT2D eigenvalue weighted by Gasteiger charge is -2.06. The average Bonchev–Trinajstić information content (AvgIpc) is 3.14. The number of nitrogens with one attached hydrogen (secondary N) is 2. The molecular weight excluding hydrogens is 404 g/mol. The number of carbonyl (C=O) groups excluding carboxylic acids is 2. The topological polar surface area (TPSA) is 114 Å². The van der Waals surface area contributed by atoms with Crippen LogP contribution >= 0.6 is 22.9 Å². The number of nitro benzene ring substituents is 1. The fourth-order valence-electron chi connectivity index (χ4n) is 2.29. The molecule has 0 saturated heterocycles. The molecule has 2 N–H and O–H groups in total. The lowest BCUT2D eigenvalue weighted by molar-refractivity contribution is -0.384. The SMILES string of the molecule is O=C(Cc1csc(-c2ccccc2Cl)n1)NNC(=O)c1ccc([N+](=O)[O-])cc1. The molecule has 0 fully saturated rings. The average molecular weight is 417 g/mol. The second-order valence-electron chi connectivity index (χ2n) is 5.61. The lowest BCUT2D eigenvalue weighted by atomic mass is 10.2. The molecule has 3 aromatic rings. The third-order valence-electron chi connectivity index (χ3n) is 3.65. The minimum absolute atomic E-state index is 0.0263. The van der Waals surface area contributed by atoms with Crippen LogP contribution in [0, 0.1) is 10.1 Å². The fraction of sp³-hybridized carbons (Fsp3) is 0.0556. The molecule has 2 aromatic carbocycles. The van der Waals surface area contributed by atoms with Gasteiger partial charge in [0.25, 0.3) is 11.6 Å². The summed E-state index contributed by atoms with van der Waals surface area (Å²) < 4.78 is 0. The molecule has 0 aliphatic carbocycles. The van der Waals surface area contributed by atoms with Crippen molar-refractivity contribution < 1.29 is 14.5 Å². The highest BCUT2D eigenvalue weighted by Gasteiger charge is 2.13. The molecule has 142 valence electrons. The van der Waals surface area contributed by atoms with Crippen molar-refractivity contribution in [2.45, 2.75) is 6.42 Å². The molecule has 0 aliphatic rings. The number of rotatable bonds is 5. The summed E-state index contributed by atoms with van der Waals surface area (Å²) in [6, 6.07) is 12.3. The summed E-state index contributed by atoms with van der Waals surface area (Å²) in [7, 11) is 0. The van der Waals surface area contributed by atoms with Crippen molar-refractivity contribution in [3.05, 3.63) is 80.3 Å². The van der Waals surface area contributed by atoms with Gasteiger partial charge in [-0.15, -0.1) is 11.3 Å². The first kappa shape index (κ1) is 19.5. The van der Waals surface area contributed by atoms with E-state index >= 15 is 0 Å². The molecule has 3 rings (SSSR count). The Bertz CT molecular complexity index is 1040. The zero-order valence-electron chi connectivity index (χ0n) is 14.2. The molecule has 2 amide bonds. The number of nitrogens with zero attached hydrogens (tertiary/aromatic N) is 2. The highest BCUT2D eigenvalue weighted by molar-refractivity contribution is 7.13. The van der Waals surface area contributed by atoms with Gasteiger partial charge in [0, 0.05) is 28.6 Å². The molecule has 28 heavy (non-hydrogen) atoms. The molecule has 0 atom stereocenters. The number of aromatic nitrogens is 1. The maximum atomic E-state index is 12.0. The first-order valence-electron chi connectivity index (χ1n) is 7.97. The number of thiazole rings is 1. The van der Waals surface area contributed by atoms with Crippen molar-refractivity contribution >= 4 is 40.4 Å². The summed E-state index contributed by atoms with van der Waals surface area (Å²) in [6.07, 6.45) is -0.0263. The summed E-state index contributed by atoms with van der Waals surface area (Å²) in [5.74, 6) is -1.04. The van der Waals surface area contributed by atoms with Gasteiger partial charge in [-0.3, -0.25) is 30.6 Å². The van der Waals surface area contributed by atoms with Gasteiger partial charge in [0.2, 0.25) is 5.91 Å². The zero-order valence-corrected chi connectivity index (χ0v) is 15.8. The molecule has 0 bridgehead atoms. The molecule has 10 heteroatoms. The van der Waals surface area contributed by atoms with Crippen LogP contribution in [0.1, 0.15) is 16.1 Å². The first-order chi connectivity index (χ1) is 13.4. The predicted octanol–water partition coefficient (Wildman–Crippen LogP) is 3.38. The Morgan fingerprint density at radius 3 is 2.50 bits per heavy atom. The monoisotopic (exact) mass is 416 g/mol. The van der Waals surface area contributed by atoms with Gasteiger partial charge in [-0.2, -0.15) is 0 Å². The van der Waals surface area contributed by atoms with Gasteiger partial charge in [-0.25, -0.2) is 4.98 Å². The standard InChI is InChI=1S/C18H13ClN4O4S/c19-15-4-2-1-3-14(15)18-20-12(10-28-18)9-16(24)21-22-17(25)11-5-7-13(8-6-11)23(26)27/h1-8,10H,9H2,(H,21,24)(H,22,25). The number of benzene rings is 2. The van der Waals surface area contributed by atoms with Gasteiger partial charge in [-0.1, -0.05) is 29.8 Å². The maximum absolute atomic E-state index is 12.0. The van der Waals surface area contributed by atoms with E-state index in [4.69, 9.17) is 11.6 Å². The summed E-state index contributed by atoms with van der Waals surface area (Å²) in [4.78, 5) is 38.5. The lowest BCUT2D eigenvalue weighted by Crippen LogP contribution is -2.42. The quantitative estimate of drug-likeness (QED) is 0.488. The number of non-ortho nitro benzene ring substituents is 1. The van der Waals surface area contributed by atoms with Crippen LogP contribution in [-0.4, -0.2) is 21.7 Å². The summed E-state index contributed by atoms with van der Waals surface area (Å²) >= 11 is 7.51. The van der Waals surface area contributed by atoms with E-state index in [2.05, 4.69) is 15.8 Å². The van der Waals surface area contributed by atoms with Crippen LogP contribution in [0.25, 0.3) is 10.6 Å². The van der Waals surface area contributed by atoms with Crippen LogP contribution in [0.4, 0.5) is 5.69 Å². The third-order valence-corrected chi connectivity index (χ3v) is 4.91. The van der Waals surface area contributed by atoms with E-state index in [1.165, 1.54) is 35.6 Å². The second-order valence-corrected chi connectivity index (χ2v) is 6.87. The van der Waals surface area contributed by atoms with Crippen LogP contribution in [0.15, 0.2) is 53.9 Å². The van der Waals surface area contributed by atoms with Crippen molar-refractivity contribution in [3.63, 3.8) is 0 Å². The highest BCUT2D eigenvalue weighted by atomic mass is 35.5. The Morgan fingerprint density at radius 2 is 1.82 bits per heavy atom. The van der Waals surface area contributed by atoms with Gasteiger partial charge in [0.1, 0.15) is 5.01 Å². The molecule has 0 aliphatic heterocycles. The number of amides is 2. The van der Waals surface area contributed by atoms with E-state index in [9.17, 15) is 19.7 Å². The minimum Gasteiger partial charge on any atom is -0.273 e. The van der Waals surface area contributed by atoms with E-state index < -0.39 is 16.7 Å². The number of hydrazine groups is 1. The second kappa shape index (κ2) is 8.59. The summed E-state index contributed by atoms with van der Waals surface area (Å²) in [5.41, 5.74) is 5.94. The normalized spacial score (nSPS) is 10.3. The van der Waals surface area contributed by atoms with Gasteiger partial charge in [-0.05, 0) is 18.2 Å². The van der Waals surface area contributed by atoms with Gasteiger partial charge in [0.15, 0.2) is 0 Å². The molecule has 0 radical (unpaired) electrons. The number of halogens is 1. The summed E-state index contributed by atoms with van der Waals surface area (Å²) in [5, 5.41) is 13.6. The van der Waals surface area contributed by atoms with E-state index in [-0.39, 0.29) is 17.7 Å². The van der Waals surface area contributed by atoms with Crippen LogP contribution in [0.2, 0.25) is 5.02 Å². The van der Waals surface area contributed by atoms with Crippen molar-refractivity contribution in [1.29, 1.82) is 0 Å². The van der Waals surface area contributed by atoms with Crippen LogP contribution in [-0.2, 0) is 11.2 Å². The Morgan fingerprint density at radius 1 is 1.11 bits per heavy atom. The van der Waals surface area contributed by atoms with Crippen molar-refractivity contribution in [2.24, 2.45) is 0 Å². The van der Waals surface area contributed by atoms with Gasteiger partial charge >= 0.3 is 0 Å². The van der Waals surface area contributed by atoms with Gasteiger partial charge < -0.3 is 0 Å².